The second kappa shape index (κ2) is 13.2. The van der Waals surface area contributed by atoms with Gasteiger partial charge in [0, 0.05) is 62.2 Å². The van der Waals surface area contributed by atoms with Gasteiger partial charge in [-0.1, -0.05) is 26.2 Å². The molecule has 2 aliphatic heterocycles. The number of carboxylic acid groups (broad SMARTS) is 1. The first-order valence-electron chi connectivity index (χ1n) is 18.5. The van der Waals surface area contributed by atoms with E-state index in [0.29, 0.717) is 19.4 Å². The quantitative estimate of drug-likeness (QED) is 0.272. The molecule has 1 spiro atoms. The number of alkyl halides is 3. The highest BCUT2D eigenvalue weighted by atomic mass is 19.4. The van der Waals surface area contributed by atoms with E-state index in [2.05, 4.69) is 30.2 Å². The molecular formula is C38H44F3N7O4. The van der Waals surface area contributed by atoms with Gasteiger partial charge in [0.2, 0.25) is 5.95 Å². The number of amides is 1. The zero-order valence-electron chi connectivity index (χ0n) is 29.2. The van der Waals surface area contributed by atoms with Gasteiger partial charge in [-0.05, 0) is 80.0 Å². The van der Waals surface area contributed by atoms with Crippen LogP contribution in [0.2, 0.25) is 0 Å². The van der Waals surface area contributed by atoms with Crippen molar-refractivity contribution in [1.82, 2.24) is 25.3 Å². The number of nitrogens with zero attached hydrogens (tertiary/aromatic N) is 6. The molecule has 3 aromatic rings. The number of carbonyl (C=O) groups excluding carboxylic acids is 1. The highest BCUT2D eigenvalue weighted by Crippen LogP contribution is 2.53. The number of halogens is 3. The molecule has 11 nitrogen and oxygen atoms in total. The number of carbonyl (C=O) groups is 2. The molecule has 2 N–H and O–H groups in total. The van der Waals surface area contributed by atoms with Crippen molar-refractivity contribution in [3.05, 3.63) is 59.8 Å². The van der Waals surface area contributed by atoms with Crippen LogP contribution in [-0.4, -0.2) is 68.2 Å². The average molecular weight is 720 g/mol. The number of nitrogens with one attached hydrogen (secondary N) is 1. The van der Waals surface area contributed by atoms with Crippen molar-refractivity contribution in [2.45, 2.75) is 101 Å². The van der Waals surface area contributed by atoms with E-state index in [4.69, 9.17) is 4.74 Å². The first-order valence-corrected chi connectivity index (χ1v) is 18.5. The summed E-state index contributed by atoms with van der Waals surface area (Å²) in [5.41, 5.74) is -2.32. The maximum Gasteiger partial charge on any atom is 0.434 e. The Morgan fingerprint density at radius 3 is 2.52 bits per heavy atom. The Labute approximate surface area is 300 Å². The van der Waals surface area contributed by atoms with E-state index >= 15 is 0 Å². The van der Waals surface area contributed by atoms with Gasteiger partial charge >= 0.3 is 12.1 Å². The van der Waals surface area contributed by atoms with Gasteiger partial charge in [-0.15, -0.1) is 0 Å². The number of rotatable bonds is 7. The molecule has 3 saturated carbocycles. The number of carboxylic acids is 1. The zero-order chi connectivity index (χ0) is 36.3. The molecule has 52 heavy (non-hydrogen) atoms. The predicted octanol–water partition coefficient (Wildman–Crippen LogP) is 6.70. The molecule has 276 valence electrons. The third-order valence-corrected chi connectivity index (χ3v) is 12.3. The predicted molar refractivity (Wildman–Crippen MR) is 186 cm³/mol. The largest absolute Gasteiger partial charge is 0.490 e. The highest BCUT2D eigenvalue weighted by molar-refractivity contribution is 5.99. The van der Waals surface area contributed by atoms with Crippen LogP contribution in [0.3, 0.4) is 0 Å². The molecule has 0 radical (unpaired) electrons. The zero-order valence-corrected chi connectivity index (χ0v) is 29.2. The van der Waals surface area contributed by atoms with Crippen LogP contribution >= 0.6 is 0 Å². The van der Waals surface area contributed by atoms with Gasteiger partial charge in [-0.25, -0.2) is 19.7 Å². The molecule has 5 aliphatic rings. The SMILES string of the molecule is CC1CC2CC(C1)C(NC(=O)c1cnc(N3CC4(CCCCC4)c4cc(OC5CCN(c6cnccn6)CC5)ccc43)nc1C(F)(F)F)(C(=O)O)C2. The lowest BCUT2D eigenvalue weighted by Crippen LogP contribution is -2.57. The number of anilines is 3. The van der Waals surface area contributed by atoms with E-state index in [9.17, 15) is 27.9 Å². The average Bonchev–Trinajstić information content (AvgIpc) is 3.58. The van der Waals surface area contributed by atoms with Crippen molar-refractivity contribution in [1.29, 1.82) is 0 Å². The fourth-order valence-corrected chi connectivity index (χ4v) is 9.97. The van der Waals surface area contributed by atoms with Crippen molar-refractivity contribution in [2.24, 2.45) is 17.8 Å². The monoisotopic (exact) mass is 719 g/mol. The number of aliphatic carboxylic acids is 1. The Balaban J connectivity index is 1.06. The molecule has 4 heterocycles. The van der Waals surface area contributed by atoms with Crippen molar-refractivity contribution >= 4 is 29.3 Å². The highest BCUT2D eigenvalue weighted by Gasteiger charge is 2.57. The minimum absolute atomic E-state index is 0.00889. The Kier molecular flexibility index (Phi) is 8.76. The molecule has 1 aromatic carbocycles. The Hall–Kier alpha value is -4.49. The van der Waals surface area contributed by atoms with Crippen molar-refractivity contribution < 1.29 is 32.6 Å². The number of aromatic nitrogens is 4. The molecule has 14 heteroatoms. The Bertz CT molecular complexity index is 1830. The van der Waals surface area contributed by atoms with Gasteiger partial charge in [-0.3, -0.25) is 9.78 Å². The topological polar surface area (TPSA) is 134 Å². The van der Waals surface area contributed by atoms with Gasteiger partial charge < -0.3 is 25.0 Å². The van der Waals surface area contributed by atoms with Crippen LogP contribution in [0.15, 0.2) is 43.0 Å². The van der Waals surface area contributed by atoms with Gasteiger partial charge in [0.15, 0.2) is 5.69 Å². The van der Waals surface area contributed by atoms with E-state index in [1.54, 1.807) is 23.5 Å². The number of ether oxygens (including phenoxy) is 1. The lowest BCUT2D eigenvalue weighted by molar-refractivity contribution is -0.146. The van der Waals surface area contributed by atoms with Gasteiger partial charge in [-0.2, -0.15) is 13.2 Å². The van der Waals surface area contributed by atoms with Crippen LogP contribution in [-0.2, 0) is 16.4 Å². The minimum Gasteiger partial charge on any atom is -0.490 e. The Morgan fingerprint density at radius 2 is 1.81 bits per heavy atom. The summed E-state index contributed by atoms with van der Waals surface area (Å²) in [6.45, 7) is 4.03. The van der Waals surface area contributed by atoms with Crippen LogP contribution in [0, 0.1) is 17.8 Å². The summed E-state index contributed by atoms with van der Waals surface area (Å²) in [6.07, 6.45) is 9.77. The fraction of sp³-hybridized carbons (Fsp3) is 0.579. The van der Waals surface area contributed by atoms with Crippen LogP contribution in [0.25, 0.3) is 0 Å². The molecule has 4 unspecified atom stereocenters. The van der Waals surface area contributed by atoms with E-state index in [1.807, 2.05) is 25.1 Å². The molecular weight excluding hydrogens is 675 g/mol. The first-order chi connectivity index (χ1) is 24.9. The van der Waals surface area contributed by atoms with E-state index < -0.39 is 34.8 Å². The normalized spacial score (nSPS) is 27.0. The standard InChI is InChI=1S/C38H44F3N7O4/c1-23-15-24-17-25(16-23)37(19-24,34(50)51)46-33(49)28-20-44-35(45-32(28)38(39,40)41)48-22-36(9-3-2-4-10-36)29-18-27(5-6-30(29)48)52-26-7-13-47(14-8-26)31-21-42-11-12-43-31/h5-6,11-12,18,20-21,23-26H,2-4,7-10,13-17,19,22H2,1H3,(H,46,49)(H,50,51). The van der Waals surface area contributed by atoms with E-state index in [0.717, 1.165) is 93.5 Å². The van der Waals surface area contributed by atoms with Crippen molar-refractivity contribution in [2.75, 3.05) is 29.4 Å². The molecule has 4 atom stereocenters. The second-order valence-electron chi connectivity index (χ2n) is 15.7. The first kappa shape index (κ1) is 34.6. The van der Waals surface area contributed by atoms with Crippen LogP contribution in [0.5, 0.6) is 5.75 Å². The molecule has 2 aromatic heterocycles. The third-order valence-electron chi connectivity index (χ3n) is 12.3. The third kappa shape index (κ3) is 6.21. The lowest BCUT2D eigenvalue weighted by atomic mass is 9.71. The summed E-state index contributed by atoms with van der Waals surface area (Å²) >= 11 is 0. The summed E-state index contributed by atoms with van der Waals surface area (Å²) in [6, 6.07) is 5.79. The summed E-state index contributed by atoms with van der Waals surface area (Å²) in [4.78, 5) is 47.2. The van der Waals surface area contributed by atoms with Crippen molar-refractivity contribution in [3.63, 3.8) is 0 Å². The fourth-order valence-electron chi connectivity index (χ4n) is 9.97. The molecule has 8 rings (SSSR count). The van der Waals surface area contributed by atoms with Gasteiger partial charge in [0.05, 0.1) is 11.8 Å². The summed E-state index contributed by atoms with van der Waals surface area (Å²) < 4.78 is 50.7. The summed E-state index contributed by atoms with van der Waals surface area (Å²) in [5.74, 6) is -0.869. The number of fused-ring (bicyclic) bond motifs is 4. The van der Waals surface area contributed by atoms with Crippen molar-refractivity contribution in [3.8, 4) is 5.75 Å². The van der Waals surface area contributed by atoms with Crippen LogP contribution < -0.4 is 19.9 Å². The molecule has 1 amide bonds. The van der Waals surface area contributed by atoms with Crippen LogP contribution in [0.4, 0.5) is 30.6 Å². The molecule has 2 bridgehead atoms. The van der Waals surface area contributed by atoms with Gasteiger partial charge in [0.25, 0.3) is 5.91 Å². The van der Waals surface area contributed by atoms with E-state index in [-0.39, 0.29) is 41.6 Å². The molecule has 1 saturated heterocycles. The maximum atomic E-state index is 14.7. The Morgan fingerprint density at radius 1 is 1.02 bits per heavy atom. The molecule has 3 aliphatic carbocycles. The number of piperidine rings is 1. The molecule has 4 fully saturated rings. The van der Waals surface area contributed by atoms with Crippen LogP contribution in [0.1, 0.15) is 99.2 Å². The lowest BCUT2D eigenvalue weighted by Gasteiger charge is -2.35. The number of hydrogen-bond acceptors (Lipinski definition) is 9. The summed E-state index contributed by atoms with van der Waals surface area (Å²) in [5, 5.41) is 12.9. The minimum atomic E-state index is -4.98. The van der Waals surface area contributed by atoms with E-state index in [1.165, 1.54) is 0 Å². The summed E-state index contributed by atoms with van der Waals surface area (Å²) in [7, 11) is 0. The second-order valence-corrected chi connectivity index (χ2v) is 15.7. The number of hydrogen-bond donors (Lipinski definition) is 2. The van der Waals surface area contributed by atoms with Gasteiger partial charge in [0.1, 0.15) is 23.2 Å². The smallest absolute Gasteiger partial charge is 0.434 e. The maximum absolute atomic E-state index is 14.7. The number of benzene rings is 1.